The summed E-state index contributed by atoms with van der Waals surface area (Å²) >= 11 is 3.66. The normalized spacial score (nSPS) is 11.2. The third kappa shape index (κ3) is 5.20. The number of nitrogens with one attached hydrogen (secondary N) is 2. The molecule has 0 saturated heterocycles. The van der Waals surface area contributed by atoms with Crippen LogP contribution < -0.4 is 8.43 Å². The van der Waals surface area contributed by atoms with Crippen molar-refractivity contribution in [2.45, 2.75) is 32.9 Å². The summed E-state index contributed by atoms with van der Waals surface area (Å²) in [5.74, 6) is 1.77. The highest BCUT2D eigenvalue weighted by atomic mass is 127. The fourth-order valence-corrected chi connectivity index (χ4v) is 4.49. The molecule has 156 valence electrons. The van der Waals surface area contributed by atoms with Gasteiger partial charge in [0.15, 0.2) is 22.6 Å². The fourth-order valence-electron chi connectivity index (χ4n) is 2.76. The van der Waals surface area contributed by atoms with Crippen molar-refractivity contribution in [1.82, 2.24) is 25.1 Å². The molecule has 2 aromatic heterocycles. The van der Waals surface area contributed by atoms with Crippen LogP contribution >= 0.6 is 34.6 Å². The number of nitriles is 1. The quantitative estimate of drug-likeness (QED) is 0.195. The first-order chi connectivity index (χ1) is 14.2. The van der Waals surface area contributed by atoms with Crippen molar-refractivity contribution in [3.63, 3.8) is 0 Å². The Hall–Kier alpha value is -2.39. The molecule has 0 aliphatic rings. The highest BCUT2D eigenvalue weighted by molar-refractivity contribution is 14.1. The van der Waals surface area contributed by atoms with Gasteiger partial charge in [-0.25, -0.2) is 15.0 Å². The molecule has 3 aromatic rings. The summed E-state index contributed by atoms with van der Waals surface area (Å²) in [5.41, 5.74) is 3.22. The van der Waals surface area contributed by atoms with Crippen LogP contribution in [0.3, 0.4) is 0 Å². The summed E-state index contributed by atoms with van der Waals surface area (Å²) in [7, 11) is 0. The number of aryl methyl sites for hydroxylation is 1. The highest BCUT2D eigenvalue weighted by Crippen LogP contribution is 2.33. The van der Waals surface area contributed by atoms with Crippen LogP contribution in [-0.2, 0) is 0 Å². The molecule has 0 radical (unpaired) electrons. The summed E-state index contributed by atoms with van der Waals surface area (Å²) in [6.07, 6.45) is 3.40. The van der Waals surface area contributed by atoms with E-state index in [0.29, 0.717) is 28.2 Å². The average molecular weight is 534 g/mol. The smallest absolute Gasteiger partial charge is 0.191 e. The standard InChI is InChI=1S/C20H23IN8S/c1-12-6-7-13(16-23-11-24-28-16)8-15(12)25-17-14(9-22)18(27-19(26-17)30-5)29(21)10-20(2,3)4/h6-8,11H,10H2,1-5H3,(H,23,24,28)(H,25,26,27). The van der Waals surface area contributed by atoms with Crippen LogP contribution in [-0.4, -0.2) is 37.9 Å². The van der Waals surface area contributed by atoms with E-state index in [9.17, 15) is 5.26 Å². The second-order valence-corrected chi connectivity index (χ2v) is 9.88. The number of hydrogen-bond acceptors (Lipinski definition) is 8. The van der Waals surface area contributed by atoms with Gasteiger partial charge < -0.3 is 5.32 Å². The van der Waals surface area contributed by atoms with Gasteiger partial charge in [0.05, 0.1) is 22.9 Å². The van der Waals surface area contributed by atoms with Crippen molar-refractivity contribution in [3.8, 4) is 17.5 Å². The van der Waals surface area contributed by atoms with Crippen LogP contribution in [0.1, 0.15) is 31.9 Å². The average Bonchev–Trinajstić information content (AvgIpc) is 3.22. The Kier molecular flexibility index (Phi) is 6.82. The molecule has 0 saturated carbocycles. The first kappa shape index (κ1) is 22.3. The van der Waals surface area contributed by atoms with Gasteiger partial charge >= 0.3 is 0 Å². The van der Waals surface area contributed by atoms with Gasteiger partial charge in [0.25, 0.3) is 0 Å². The van der Waals surface area contributed by atoms with E-state index in [1.165, 1.54) is 18.1 Å². The molecule has 2 N–H and O–H groups in total. The van der Waals surface area contributed by atoms with E-state index >= 15 is 0 Å². The zero-order valence-corrected chi connectivity index (χ0v) is 20.5. The van der Waals surface area contributed by atoms with Crippen LogP contribution in [0, 0.1) is 23.7 Å². The molecule has 1 aromatic carbocycles. The van der Waals surface area contributed by atoms with Crippen molar-refractivity contribution < 1.29 is 0 Å². The summed E-state index contributed by atoms with van der Waals surface area (Å²) in [4.78, 5) is 13.4. The highest BCUT2D eigenvalue weighted by Gasteiger charge is 2.23. The van der Waals surface area contributed by atoms with Crippen LogP contribution in [0.4, 0.5) is 17.3 Å². The largest absolute Gasteiger partial charge is 0.339 e. The Morgan fingerprint density at radius 2 is 2.07 bits per heavy atom. The minimum Gasteiger partial charge on any atom is -0.339 e. The molecule has 0 bridgehead atoms. The minimum absolute atomic E-state index is 0.0496. The Morgan fingerprint density at radius 3 is 2.67 bits per heavy atom. The number of hydrogen-bond donors (Lipinski definition) is 2. The molecule has 8 nitrogen and oxygen atoms in total. The van der Waals surface area contributed by atoms with E-state index in [-0.39, 0.29) is 5.41 Å². The molecular weight excluding hydrogens is 511 g/mol. The zero-order chi connectivity index (χ0) is 21.9. The van der Waals surface area contributed by atoms with Gasteiger partial charge in [-0.05, 0) is 30.2 Å². The lowest BCUT2D eigenvalue weighted by molar-refractivity contribution is 0.434. The number of halogens is 1. The van der Waals surface area contributed by atoms with Gasteiger partial charge in [-0.15, -0.1) is 0 Å². The maximum absolute atomic E-state index is 9.93. The Morgan fingerprint density at radius 1 is 1.30 bits per heavy atom. The Balaban J connectivity index is 2.05. The van der Waals surface area contributed by atoms with E-state index in [1.54, 1.807) is 0 Å². The van der Waals surface area contributed by atoms with Crippen LogP contribution in [0.5, 0.6) is 0 Å². The van der Waals surface area contributed by atoms with E-state index < -0.39 is 0 Å². The number of anilines is 3. The van der Waals surface area contributed by atoms with E-state index in [1.807, 2.05) is 34.5 Å². The number of thioether (sulfide) groups is 1. The fraction of sp³-hybridized carbons (Fsp3) is 0.350. The van der Waals surface area contributed by atoms with E-state index in [2.05, 4.69) is 80.2 Å². The van der Waals surface area contributed by atoms with Crippen LogP contribution in [0.15, 0.2) is 29.7 Å². The zero-order valence-electron chi connectivity index (χ0n) is 17.5. The summed E-state index contributed by atoms with van der Waals surface area (Å²) in [6.45, 7) is 9.20. The molecule has 0 amide bonds. The number of benzene rings is 1. The SMILES string of the molecule is CSc1nc(Nc2cc(-c3ncn[nH]3)ccc2C)c(C#N)c(N(I)CC(C)(C)C)n1. The maximum Gasteiger partial charge on any atom is 0.191 e. The van der Waals surface area contributed by atoms with Crippen LogP contribution in [0.2, 0.25) is 0 Å². The maximum atomic E-state index is 9.93. The van der Waals surface area contributed by atoms with E-state index in [0.717, 1.165) is 23.4 Å². The third-order valence-corrected chi connectivity index (χ3v) is 5.53. The number of aromatic amines is 1. The van der Waals surface area contributed by atoms with Crippen LogP contribution in [0.25, 0.3) is 11.4 Å². The van der Waals surface area contributed by atoms with Gasteiger partial charge in [-0.2, -0.15) is 10.4 Å². The van der Waals surface area contributed by atoms with Gasteiger partial charge in [-0.3, -0.25) is 8.21 Å². The Bertz CT molecular complexity index is 1070. The number of H-pyrrole nitrogens is 1. The second-order valence-electron chi connectivity index (χ2n) is 7.94. The van der Waals surface area contributed by atoms with Gasteiger partial charge in [0, 0.05) is 17.8 Å². The third-order valence-electron chi connectivity index (χ3n) is 4.19. The molecule has 0 aliphatic carbocycles. The molecular formula is C20H23IN8S. The lowest BCUT2D eigenvalue weighted by Gasteiger charge is -2.26. The summed E-state index contributed by atoms with van der Waals surface area (Å²) in [5, 5.41) is 20.7. The first-order valence-corrected chi connectivity index (χ1v) is 11.4. The number of nitrogens with zero attached hydrogens (tertiary/aromatic N) is 6. The molecule has 3 rings (SSSR count). The topological polar surface area (TPSA) is 106 Å². The van der Waals surface area contributed by atoms with E-state index in [4.69, 9.17) is 0 Å². The second kappa shape index (κ2) is 9.18. The molecule has 30 heavy (non-hydrogen) atoms. The predicted octanol–water partition coefficient (Wildman–Crippen LogP) is 5.11. The van der Waals surface area contributed by atoms with Gasteiger partial charge in [0.1, 0.15) is 18.0 Å². The summed E-state index contributed by atoms with van der Waals surface area (Å²) < 4.78 is 1.99. The monoisotopic (exact) mass is 534 g/mol. The summed E-state index contributed by atoms with van der Waals surface area (Å²) in [6, 6.07) is 8.23. The van der Waals surface area contributed by atoms with Crippen molar-refractivity contribution in [2.24, 2.45) is 5.41 Å². The predicted molar refractivity (Wildman–Crippen MR) is 129 cm³/mol. The Labute approximate surface area is 194 Å². The molecule has 0 atom stereocenters. The molecule has 0 fully saturated rings. The first-order valence-electron chi connectivity index (χ1n) is 9.24. The van der Waals surface area contributed by atoms with Crippen molar-refractivity contribution in [1.29, 1.82) is 5.26 Å². The lowest BCUT2D eigenvalue weighted by Crippen LogP contribution is -2.26. The van der Waals surface area contributed by atoms with Gasteiger partial charge in [-0.1, -0.05) is 44.7 Å². The van der Waals surface area contributed by atoms with Crippen molar-refractivity contribution in [2.75, 3.05) is 21.2 Å². The molecule has 2 heterocycles. The number of aromatic nitrogens is 5. The number of rotatable bonds is 6. The van der Waals surface area contributed by atoms with Crippen molar-refractivity contribution in [3.05, 3.63) is 35.7 Å². The molecule has 0 spiro atoms. The van der Waals surface area contributed by atoms with Crippen molar-refractivity contribution >= 4 is 51.9 Å². The molecule has 0 unspecified atom stereocenters. The minimum atomic E-state index is 0.0496. The lowest BCUT2D eigenvalue weighted by atomic mass is 9.97. The molecule has 10 heteroatoms. The molecule has 0 aliphatic heterocycles. The van der Waals surface area contributed by atoms with Gasteiger partial charge in [0.2, 0.25) is 0 Å².